The topological polar surface area (TPSA) is 55.6 Å². The lowest BCUT2D eigenvalue weighted by molar-refractivity contribution is -0.142. The molecule has 1 aliphatic rings. The molecule has 4 heteroatoms. The predicted molar refractivity (Wildman–Crippen MR) is 59.4 cm³/mol. The molecule has 1 aliphatic carbocycles. The Hall–Kier alpha value is -0.610. The van der Waals surface area contributed by atoms with Gasteiger partial charge in [0.2, 0.25) is 0 Å². The van der Waals surface area contributed by atoms with Gasteiger partial charge in [-0.3, -0.25) is 4.79 Å². The van der Waals surface area contributed by atoms with Crippen molar-refractivity contribution in [3.8, 4) is 0 Å². The zero-order chi connectivity index (χ0) is 11.3. The van der Waals surface area contributed by atoms with Crippen molar-refractivity contribution in [1.29, 1.82) is 0 Å². The van der Waals surface area contributed by atoms with E-state index in [9.17, 15) is 4.79 Å². The monoisotopic (exact) mass is 214 g/mol. The molecule has 0 aromatic carbocycles. The minimum atomic E-state index is -0.469. The lowest BCUT2D eigenvalue weighted by atomic mass is 10.2. The summed E-state index contributed by atoms with van der Waals surface area (Å²) >= 11 is 0. The van der Waals surface area contributed by atoms with Gasteiger partial charge in [-0.15, -0.1) is 0 Å². The second-order valence-corrected chi connectivity index (χ2v) is 4.25. The van der Waals surface area contributed by atoms with Gasteiger partial charge in [-0.25, -0.2) is 0 Å². The molecule has 1 atom stereocenters. The molecular formula is C11H22N2O2. The van der Waals surface area contributed by atoms with Gasteiger partial charge in [0, 0.05) is 13.1 Å². The molecule has 0 saturated heterocycles. The smallest absolute Gasteiger partial charge is 0.322 e. The van der Waals surface area contributed by atoms with Crippen molar-refractivity contribution >= 4 is 5.97 Å². The van der Waals surface area contributed by atoms with Crippen molar-refractivity contribution in [2.45, 2.75) is 32.2 Å². The molecule has 1 rings (SSSR count). The third kappa shape index (κ3) is 4.62. The van der Waals surface area contributed by atoms with Gasteiger partial charge in [0.25, 0.3) is 0 Å². The molecule has 4 nitrogen and oxygen atoms in total. The normalized spacial score (nSPS) is 17.9. The second-order valence-electron chi connectivity index (χ2n) is 4.25. The highest BCUT2D eigenvalue weighted by Gasteiger charge is 2.24. The van der Waals surface area contributed by atoms with Crippen LogP contribution in [-0.2, 0) is 9.53 Å². The number of carbonyl (C=O) groups excluding carboxylic acids is 1. The Kier molecular flexibility index (Phi) is 5.05. The van der Waals surface area contributed by atoms with E-state index in [0.29, 0.717) is 6.42 Å². The molecule has 0 radical (unpaired) electrons. The maximum atomic E-state index is 11.1. The van der Waals surface area contributed by atoms with E-state index in [-0.39, 0.29) is 5.97 Å². The highest BCUT2D eigenvalue weighted by Crippen LogP contribution is 2.29. The van der Waals surface area contributed by atoms with E-state index in [1.54, 1.807) is 0 Å². The van der Waals surface area contributed by atoms with E-state index in [1.807, 2.05) is 0 Å². The van der Waals surface area contributed by atoms with Crippen molar-refractivity contribution in [3.05, 3.63) is 0 Å². The fourth-order valence-electron chi connectivity index (χ4n) is 1.63. The van der Waals surface area contributed by atoms with Crippen molar-refractivity contribution in [1.82, 2.24) is 4.90 Å². The lowest BCUT2D eigenvalue weighted by Gasteiger charge is -2.21. The molecule has 0 aromatic heterocycles. The van der Waals surface area contributed by atoms with Gasteiger partial charge in [0.1, 0.15) is 6.04 Å². The minimum Gasteiger partial charge on any atom is -0.468 e. The van der Waals surface area contributed by atoms with Crippen LogP contribution in [0.3, 0.4) is 0 Å². The zero-order valence-corrected chi connectivity index (χ0v) is 9.74. The molecule has 15 heavy (non-hydrogen) atoms. The van der Waals surface area contributed by atoms with Gasteiger partial charge in [-0.1, -0.05) is 6.92 Å². The molecule has 0 amide bonds. The van der Waals surface area contributed by atoms with Crippen LogP contribution in [0.4, 0.5) is 0 Å². The number of hydrogen-bond acceptors (Lipinski definition) is 4. The van der Waals surface area contributed by atoms with Gasteiger partial charge < -0.3 is 15.4 Å². The van der Waals surface area contributed by atoms with Gasteiger partial charge in [0.15, 0.2) is 0 Å². The van der Waals surface area contributed by atoms with Gasteiger partial charge >= 0.3 is 5.97 Å². The van der Waals surface area contributed by atoms with E-state index in [1.165, 1.54) is 20.0 Å². The summed E-state index contributed by atoms with van der Waals surface area (Å²) in [5, 5.41) is 0. The summed E-state index contributed by atoms with van der Waals surface area (Å²) in [6.45, 7) is 5.23. The SMILES string of the molecule is CCN(CCC(N)C(=O)OC)CC1CC1. The number of esters is 1. The number of methoxy groups -OCH3 is 1. The zero-order valence-electron chi connectivity index (χ0n) is 9.74. The van der Waals surface area contributed by atoms with Crippen LogP contribution in [0.15, 0.2) is 0 Å². The summed E-state index contributed by atoms with van der Waals surface area (Å²) < 4.78 is 4.59. The molecule has 0 spiro atoms. The van der Waals surface area contributed by atoms with Crippen LogP contribution in [0.2, 0.25) is 0 Å². The molecule has 0 bridgehead atoms. The van der Waals surface area contributed by atoms with Crippen LogP contribution in [0.1, 0.15) is 26.2 Å². The van der Waals surface area contributed by atoms with Crippen molar-refractivity contribution in [2.24, 2.45) is 11.7 Å². The van der Waals surface area contributed by atoms with Gasteiger partial charge in [0.05, 0.1) is 7.11 Å². The molecule has 0 aliphatic heterocycles. The van der Waals surface area contributed by atoms with Crippen LogP contribution >= 0.6 is 0 Å². The molecule has 0 aromatic rings. The van der Waals surface area contributed by atoms with Crippen LogP contribution in [-0.4, -0.2) is 43.7 Å². The average Bonchev–Trinajstić information content (AvgIpc) is 3.06. The summed E-state index contributed by atoms with van der Waals surface area (Å²) in [6, 6.07) is -0.469. The molecule has 1 fully saturated rings. The first kappa shape index (κ1) is 12.5. The fraction of sp³-hybridized carbons (Fsp3) is 0.909. The number of hydrogen-bond donors (Lipinski definition) is 1. The maximum Gasteiger partial charge on any atom is 0.322 e. The second kappa shape index (κ2) is 6.08. The number of nitrogens with two attached hydrogens (primary N) is 1. The predicted octanol–water partition coefficient (Wildman–Crippen LogP) is 0.609. The van der Waals surface area contributed by atoms with Crippen molar-refractivity contribution in [2.75, 3.05) is 26.7 Å². The van der Waals surface area contributed by atoms with E-state index < -0.39 is 6.04 Å². The molecule has 88 valence electrons. The number of nitrogens with zero attached hydrogens (tertiary/aromatic N) is 1. The molecule has 1 unspecified atom stereocenters. The minimum absolute atomic E-state index is 0.308. The van der Waals surface area contributed by atoms with Crippen LogP contribution in [0.5, 0.6) is 0 Å². The molecular weight excluding hydrogens is 192 g/mol. The highest BCUT2D eigenvalue weighted by atomic mass is 16.5. The molecule has 0 heterocycles. The summed E-state index contributed by atoms with van der Waals surface area (Å²) in [5.41, 5.74) is 5.68. The average molecular weight is 214 g/mol. The van der Waals surface area contributed by atoms with Gasteiger partial charge in [-0.05, 0) is 31.7 Å². The third-order valence-corrected chi connectivity index (χ3v) is 2.92. The number of carbonyl (C=O) groups is 1. The Morgan fingerprint density at radius 2 is 2.27 bits per heavy atom. The fourth-order valence-corrected chi connectivity index (χ4v) is 1.63. The summed E-state index contributed by atoms with van der Waals surface area (Å²) in [7, 11) is 1.38. The highest BCUT2D eigenvalue weighted by molar-refractivity contribution is 5.75. The quantitative estimate of drug-likeness (QED) is 0.631. The first-order valence-electron chi connectivity index (χ1n) is 5.73. The van der Waals surface area contributed by atoms with Gasteiger partial charge in [-0.2, -0.15) is 0 Å². The van der Waals surface area contributed by atoms with Crippen LogP contribution < -0.4 is 5.73 Å². The van der Waals surface area contributed by atoms with Crippen molar-refractivity contribution in [3.63, 3.8) is 0 Å². The van der Waals surface area contributed by atoms with Crippen LogP contribution in [0.25, 0.3) is 0 Å². The summed E-state index contributed by atoms with van der Waals surface area (Å²) in [6.07, 6.45) is 3.41. The van der Waals surface area contributed by atoms with Crippen molar-refractivity contribution < 1.29 is 9.53 Å². The van der Waals surface area contributed by atoms with E-state index in [2.05, 4.69) is 16.6 Å². The number of rotatable bonds is 7. The maximum absolute atomic E-state index is 11.1. The lowest BCUT2D eigenvalue weighted by Crippen LogP contribution is -2.37. The first-order chi connectivity index (χ1) is 7.17. The summed E-state index contributed by atoms with van der Waals surface area (Å²) in [5.74, 6) is 0.580. The molecule has 1 saturated carbocycles. The largest absolute Gasteiger partial charge is 0.468 e. The Bertz CT molecular complexity index is 205. The third-order valence-electron chi connectivity index (χ3n) is 2.92. The Labute approximate surface area is 91.8 Å². The van der Waals surface area contributed by atoms with Crippen LogP contribution in [0, 0.1) is 5.92 Å². The first-order valence-corrected chi connectivity index (χ1v) is 5.73. The number of ether oxygens (including phenoxy) is 1. The Morgan fingerprint density at radius 1 is 1.60 bits per heavy atom. The molecule has 2 N–H and O–H groups in total. The van der Waals surface area contributed by atoms with E-state index in [0.717, 1.165) is 25.6 Å². The Balaban J connectivity index is 2.17. The van der Waals surface area contributed by atoms with E-state index in [4.69, 9.17) is 5.73 Å². The van der Waals surface area contributed by atoms with E-state index >= 15 is 0 Å². The summed E-state index contributed by atoms with van der Waals surface area (Å²) in [4.78, 5) is 13.4. The Morgan fingerprint density at radius 3 is 2.73 bits per heavy atom. The standard InChI is InChI=1S/C11H22N2O2/c1-3-13(8-9-4-5-9)7-6-10(12)11(14)15-2/h9-10H,3-8,12H2,1-2H3.